The number of hydrogen-bond acceptors (Lipinski definition) is 5. The lowest BCUT2D eigenvalue weighted by atomic mass is 9.49. The summed E-state index contributed by atoms with van der Waals surface area (Å²) in [6.45, 7) is 2.63. The van der Waals surface area contributed by atoms with Crippen molar-refractivity contribution in [1.82, 2.24) is 0 Å². The van der Waals surface area contributed by atoms with E-state index in [1.807, 2.05) is 0 Å². The second-order valence-electron chi connectivity index (χ2n) is 13.0. The Morgan fingerprint density at radius 2 is 1.35 bits per heavy atom. The third kappa shape index (κ3) is 3.70. The maximum Gasteiger partial charge on any atom is 0.377 e. The van der Waals surface area contributed by atoms with Crippen molar-refractivity contribution in [3.63, 3.8) is 0 Å². The molecule has 2 unspecified atom stereocenters. The predicted octanol–water partition coefficient (Wildman–Crippen LogP) is 5.44. The molecule has 34 heavy (non-hydrogen) atoms. The molecule has 8 fully saturated rings. The molecule has 7 heteroatoms. The molecule has 0 N–H and O–H groups in total. The van der Waals surface area contributed by atoms with Crippen molar-refractivity contribution in [2.75, 3.05) is 6.61 Å². The normalized spacial score (nSPS) is 48.2. The van der Waals surface area contributed by atoms with Crippen LogP contribution in [-0.2, 0) is 23.8 Å². The molecule has 8 aliphatic carbocycles. The molecule has 8 saturated carbocycles. The predicted molar refractivity (Wildman–Crippen MR) is 119 cm³/mol. The Balaban J connectivity index is 1.13. The number of halogens is 2. The van der Waals surface area contributed by atoms with E-state index in [2.05, 4.69) is 6.92 Å². The largest absolute Gasteiger partial charge is 0.457 e. The summed E-state index contributed by atoms with van der Waals surface area (Å²) in [5.74, 6) is -2.15. The van der Waals surface area contributed by atoms with Crippen LogP contribution in [0.4, 0.5) is 8.78 Å². The maximum atomic E-state index is 13.6. The fourth-order valence-corrected chi connectivity index (χ4v) is 9.92. The Kier molecular flexibility index (Phi) is 5.20. The van der Waals surface area contributed by atoms with Gasteiger partial charge in [-0.05, 0) is 106 Å². The highest BCUT2D eigenvalue weighted by atomic mass is 19.3. The van der Waals surface area contributed by atoms with Gasteiger partial charge in [-0.3, -0.25) is 0 Å². The molecule has 8 aliphatic rings. The molecule has 0 aromatic rings. The molecular weight excluding hydrogens is 442 g/mol. The first-order chi connectivity index (χ1) is 16.0. The number of alkyl halides is 2. The minimum absolute atomic E-state index is 0.110. The molecule has 0 amide bonds. The molecule has 8 rings (SSSR count). The van der Waals surface area contributed by atoms with Gasteiger partial charge in [0.15, 0.2) is 0 Å². The van der Waals surface area contributed by atoms with Crippen LogP contribution in [-0.4, -0.2) is 41.3 Å². The quantitative estimate of drug-likeness (QED) is 0.454. The summed E-state index contributed by atoms with van der Waals surface area (Å²) in [6, 6.07) is 0. The third-order valence-corrected chi connectivity index (χ3v) is 10.5. The lowest BCUT2D eigenvalue weighted by Gasteiger charge is -2.61. The zero-order valence-corrected chi connectivity index (χ0v) is 20.5. The van der Waals surface area contributed by atoms with Gasteiger partial charge in [0.25, 0.3) is 0 Å². The monoisotopic (exact) mass is 480 g/mol. The third-order valence-electron chi connectivity index (χ3n) is 10.5. The standard InChI is InChI=1S/C27H38F2O5/c1-3-27(20-6-16-4-17(8-20)9-21(27)7-16)33-22(30)14-32-25-10-18-5-19(11-25)13-26(12-18,15-25)34-23(31)24(2,28)29/h16-21H,3-15H2,1-2H3. The Hall–Kier alpha value is -1.24. The smallest absolute Gasteiger partial charge is 0.377 e. The molecule has 190 valence electrons. The van der Waals surface area contributed by atoms with Crippen LogP contribution in [0.3, 0.4) is 0 Å². The molecule has 0 spiro atoms. The first-order valence-corrected chi connectivity index (χ1v) is 13.5. The lowest BCUT2D eigenvalue weighted by Crippen LogP contribution is -2.62. The van der Waals surface area contributed by atoms with E-state index >= 15 is 0 Å². The minimum atomic E-state index is -3.51. The van der Waals surface area contributed by atoms with Gasteiger partial charge in [0.1, 0.15) is 17.8 Å². The van der Waals surface area contributed by atoms with Crippen LogP contribution in [0, 0.1) is 35.5 Å². The van der Waals surface area contributed by atoms with E-state index < -0.39 is 23.1 Å². The Morgan fingerprint density at radius 3 is 1.88 bits per heavy atom. The van der Waals surface area contributed by atoms with E-state index in [1.54, 1.807) is 0 Å². The number of rotatable bonds is 7. The van der Waals surface area contributed by atoms with E-state index in [-0.39, 0.29) is 30.0 Å². The average Bonchev–Trinajstić information content (AvgIpc) is 2.73. The van der Waals surface area contributed by atoms with Crippen molar-refractivity contribution >= 4 is 11.9 Å². The van der Waals surface area contributed by atoms with E-state index in [0.29, 0.717) is 38.0 Å². The highest BCUT2D eigenvalue weighted by Gasteiger charge is 2.62. The van der Waals surface area contributed by atoms with Crippen molar-refractivity contribution in [3.05, 3.63) is 0 Å². The van der Waals surface area contributed by atoms with Crippen molar-refractivity contribution in [2.24, 2.45) is 35.5 Å². The van der Waals surface area contributed by atoms with E-state index in [4.69, 9.17) is 14.2 Å². The fraction of sp³-hybridized carbons (Fsp3) is 0.926. The van der Waals surface area contributed by atoms with Crippen molar-refractivity contribution < 1.29 is 32.6 Å². The van der Waals surface area contributed by atoms with Crippen LogP contribution in [0.2, 0.25) is 0 Å². The SMILES string of the molecule is CCC1(OC(=O)COC23CC4CC(C2)CC(OC(=O)C(C)(F)F)(C4)C3)C2CC3CC(C2)CC1C3. The van der Waals surface area contributed by atoms with Crippen molar-refractivity contribution in [2.45, 2.75) is 114 Å². The number of hydrogen-bond donors (Lipinski definition) is 0. The summed E-state index contributed by atoms with van der Waals surface area (Å²) in [7, 11) is 0. The van der Waals surface area contributed by atoms with Gasteiger partial charge in [-0.2, -0.15) is 8.78 Å². The Morgan fingerprint density at radius 1 is 0.824 bits per heavy atom. The minimum Gasteiger partial charge on any atom is -0.457 e. The Labute approximate surface area is 200 Å². The van der Waals surface area contributed by atoms with Gasteiger partial charge in [0.2, 0.25) is 0 Å². The van der Waals surface area contributed by atoms with Crippen LogP contribution in [0.15, 0.2) is 0 Å². The van der Waals surface area contributed by atoms with Crippen LogP contribution >= 0.6 is 0 Å². The van der Waals surface area contributed by atoms with E-state index in [9.17, 15) is 18.4 Å². The highest BCUT2D eigenvalue weighted by molar-refractivity contribution is 5.77. The van der Waals surface area contributed by atoms with Gasteiger partial charge in [0.05, 0.1) is 5.60 Å². The number of carbonyl (C=O) groups is 2. The van der Waals surface area contributed by atoms with Gasteiger partial charge in [-0.15, -0.1) is 0 Å². The van der Waals surface area contributed by atoms with Crippen LogP contribution in [0.1, 0.15) is 90.9 Å². The van der Waals surface area contributed by atoms with Crippen molar-refractivity contribution in [3.8, 4) is 0 Å². The molecule has 0 aliphatic heterocycles. The first-order valence-electron chi connectivity index (χ1n) is 13.5. The maximum absolute atomic E-state index is 13.6. The molecule has 2 atom stereocenters. The zero-order chi connectivity index (χ0) is 23.9. The van der Waals surface area contributed by atoms with Crippen LogP contribution < -0.4 is 0 Å². The fourth-order valence-electron chi connectivity index (χ4n) is 9.92. The molecular formula is C27H38F2O5. The van der Waals surface area contributed by atoms with Gasteiger partial charge >= 0.3 is 17.9 Å². The number of ether oxygens (including phenoxy) is 3. The van der Waals surface area contributed by atoms with E-state index in [0.717, 1.165) is 37.5 Å². The summed E-state index contributed by atoms with van der Waals surface area (Å²) in [4.78, 5) is 25.2. The van der Waals surface area contributed by atoms with E-state index in [1.165, 1.54) is 32.1 Å². The summed E-state index contributed by atoms with van der Waals surface area (Å²) in [6.07, 6.45) is 11.2. The van der Waals surface area contributed by atoms with Crippen LogP contribution in [0.25, 0.3) is 0 Å². The molecule has 0 heterocycles. The second kappa shape index (κ2) is 7.63. The first kappa shape index (κ1) is 23.2. The number of esters is 2. The summed E-state index contributed by atoms with van der Waals surface area (Å²) in [5.41, 5.74) is -1.83. The summed E-state index contributed by atoms with van der Waals surface area (Å²) >= 11 is 0. The van der Waals surface area contributed by atoms with Gasteiger partial charge in [0, 0.05) is 13.3 Å². The lowest BCUT2D eigenvalue weighted by molar-refractivity contribution is -0.250. The number of carbonyl (C=O) groups excluding carboxylic acids is 2. The molecule has 0 saturated heterocycles. The molecule has 5 nitrogen and oxygen atoms in total. The Bertz CT molecular complexity index is 822. The van der Waals surface area contributed by atoms with Gasteiger partial charge in [-0.25, -0.2) is 9.59 Å². The zero-order valence-electron chi connectivity index (χ0n) is 20.5. The summed E-state index contributed by atoms with van der Waals surface area (Å²) < 4.78 is 45.3. The van der Waals surface area contributed by atoms with Crippen LogP contribution in [0.5, 0.6) is 0 Å². The molecule has 0 aromatic carbocycles. The molecule has 0 aromatic heterocycles. The highest BCUT2D eigenvalue weighted by Crippen LogP contribution is 2.62. The van der Waals surface area contributed by atoms with Crippen molar-refractivity contribution in [1.29, 1.82) is 0 Å². The topological polar surface area (TPSA) is 61.8 Å². The second-order valence-corrected chi connectivity index (χ2v) is 13.0. The average molecular weight is 481 g/mol. The van der Waals surface area contributed by atoms with Gasteiger partial charge in [-0.1, -0.05) is 6.92 Å². The van der Waals surface area contributed by atoms with Gasteiger partial charge < -0.3 is 14.2 Å². The molecule has 0 radical (unpaired) electrons. The molecule has 8 bridgehead atoms. The summed E-state index contributed by atoms with van der Waals surface area (Å²) in [5, 5.41) is 0.